The molecule has 1 aliphatic carbocycles. The maximum absolute atomic E-state index is 11.3. The summed E-state index contributed by atoms with van der Waals surface area (Å²) in [6.07, 6.45) is 2.59. The van der Waals surface area contributed by atoms with Crippen molar-refractivity contribution < 1.29 is 14.7 Å². The predicted molar refractivity (Wildman–Crippen MR) is 45.0 cm³/mol. The molecule has 1 saturated carbocycles. The molecule has 0 aromatic rings. The number of carboxylic acid groups (broad SMARTS) is 1. The van der Waals surface area contributed by atoms with Crippen molar-refractivity contribution in [3.05, 3.63) is 0 Å². The maximum atomic E-state index is 11.3. The Balaban J connectivity index is 1.90. The summed E-state index contributed by atoms with van der Waals surface area (Å²) in [6, 6.07) is 0. The van der Waals surface area contributed by atoms with E-state index >= 15 is 0 Å². The number of nitrogens with zero attached hydrogens (tertiary/aromatic N) is 1. The van der Waals surface area contributed by atoms with Crippen LogP contribution in [0.5, 0.6) is 0 Å². The third kappa shape index (κ3) is 1.82. The molecule has 0 spiro atoms. The van der Waals surface area contributed by atoms with Crippen LogP contribution in [0.3, 0.4) is 0 Å². The van der Waals surface area contributed by atoms with E-state index in [1.165, 1.54) is 12.8 Å². The van der Waals surface area contributed by atoms with Crippen LogP contribution in [0.2, 0.25) is 0 Å². The molecule has 0 unspecified atom stereocenters. The summed E-state index contributed by atoms with van der Waals surface area (Å²) in [5.74, 6) is -0.645. The van der Waals surface area contributed by atoms with Gasteiger partial charge in [-0.1, -0.05) is 0 Å². The van der Waals surface area contributed by atoms with Gasteiger partial charge in [0.2, 0.25) is 5.91 Å². The number of hydrogen-bond acceptors (Lipinski definition) is 2. The normalized spacial score (nSPS) is 28.2. The van der Waals surface area contributed by atoms with Gasteiger partial charge < -0.3 is 10.0 Å². The van der Waals surface area contributed by atoms with E-state index < -0.39 is 11.9 Å². The van der Waals surface area contributed by atoms with Crippen molar-refractivity contribution in [1.29, 1.82) is 0 Å². The van der Waals surface area contributed by atoms with Crippen LogP contribution in [0.25, 0.3) is 0 Å². The Labute approximate surface area is 76.5 Å². The van der Waals surface area contributed by atoms with Gasteiger partial charge in [-0.05, 0) is 18.8 Å². The topological polar surface area (TPSA) is 57.6 Å². The van der Waals surface area contributed by atoms with Crippen molar-refractivity contribution in [2.24, 2.45) is 11.8 Å². The van der Waals surface area contributed by atoms with Crippen LogP contribution in [0, 0.1) is 11.8 Å². The Morgan fingerprint density at radius 3 is 2.69 bits per heavy atom. The number of likely N-dealkylation sites (tertiary alicyclic amines) is 1. The molecule has 0 aromatic carbocycles. The molecule has 0 radical (unpaired) electrons. The molecule has 1 aliphatic heterocycles. The van der Waals surface area contributed by atoms with E-state index in [9.17, 15) is 9.59 Å². The average Bonchev–Trinajstić information content (AvgIpc) is 2.78. The second-order valence-corrected chi connectivity index (χ2v) is 3.98. The summed E-state index contributed by atoms with van der Waals surface area (Å²) in [4.78, 5) is 23.6. The molecule has 72 valence electrons. The summed E-state index contributed by atoms with van der Waals surface area (Å²) in [5, 5.41) is 8.72. The SMILES string of the molecule is O=C(O)[C@@H]1CC(=O)N(CC2CC2)C1. The van der Waals surface area contributed by atoms with E-state index in [1.54, 1.807) is 4.90 Å². The standard InChI is InChI=1S/C9H13NO3/c11-8-3-7(9(12)13)5-10(8)4-6-1-2-6/h6-7H,1-5H2,(H,12,13)/t7-/m1/s1. The minimum atomic E-state index is -0.841. The number of carbonyl (C=O) groups is 2. The molecule has 1 amide bonds. The fourth-order valence-electron chi connectivity index (χ4n) is 1.73. The predicted octanol–water partition coefficient (Wildman–Crippen LogP) is 0.329. The lowest BCUT2D eigenvalue weighted by Gasteiger charge is -2.14. The molecule has 0 aromatic heterocycles. The summed E-state index contributed by atoms with van der Waals surface area (Å²) >= 11 is 0. The van der Waals surface area contributed by atoms with Crippen molar-refractivity contribution in [2.75, 3.05) is 13.1 Å². The van der Waals surface area contributed by atoms with Gasteiger partial charge in [0.15, 0.2) is 0 Å². The van der Waals surface area contributed by atoms with Crippen LogP contribution < -0.4 is 0 Å². The third-order valence-electron chi connectivity index (χ3n) is 2.74. The van der Waals surface area contributed by atoms with Gasteiger partial charge in [-0.25, -0.2) is 0 Å². The van der Waals surface area contributed by atoms with Crippen LogP contribution >= 0.6 is 0 Å². The monoisotopic (exact) mass is 183 g/mol. The number of hydrogen-bond donors (Lipinski definition) is 1. The first-order valence-electron chi connectivity index (χ1n) is 4.67. The van der Waals surface area contributed by atoms with Crippen molar-refractivity contribution in [3.63, 3.8) is 0 Å². The molecule has 4 heteroatoms. The summed E-state index contributed by atoms with van der Waals surface area (Å²) < 4.78 is 0. The van der Waals surface area contributed by atoms with Gasteiger partial charge in [0, 0.05) is 19.5 Å². The molecule has 2 rings (SSSR count). The van der Waals surface area contributed by atoms with E-state index in [-0.39, 0.29) is 12.3 Å². The molecule has 1 saturated heterocycles. The lowest BCUT2D eigenvalue weighted by molar-refractivity contribution is -0.141. The van der Waals surface area contributed by atoms with E-state index in [0.29, 0.717) is 12.5 Å². The molecule has 1 heterocycles. The van der Waals surface area contributed by atoms with Gasteiger partial charge in [-0.3, -0.25) is 9.59 Å². The Morgan fingerprint density at radius 1 is 1.54 bits per heavy atom. The first-order chi connectivity index (χ1) is 6.16. The lowest BCUT2D eigenvalue weighted by Crippen LogP contribution is -2.28. The molecular formula is C9H13NO3. The average molecular weight is 183 g/mol. The zero-order valence-electron chi connectivity index (χ0n) is 7.40. The fourth-order valence-corrected chi connectivity index (χ4v) is 1.73. The summed E-state index contributed by atoms with van der Waals surface area (Å²) in [6.45, 7) is 1.20. The lowest BCUT2D eigenvalue weighted by atomic mass is 10.1. The molecule has 0 bridgehead atoms. The van der Waals surface area contributed by atoms with E-state index in [0.717, 1.165) is 6.54 Å². The van der Waals surface area contributed by atoms with Gasteiger partial charge in [0.05, 0.1) is 5.92 Å². The summed E-state index contributed by atoms with van der Waals surface area (Å²) in [5.41, 5.74) is 0. The van der Waals surface area contributed by atoms with E-state index in [1.807, 2.05) is 0 Å². The second kappa shape index (κ2) is 3.01. The smallest absolute Gasteiger partial charge is 0.308 e. The van der Waals surface area contributed by atoms with Crippen LogP contribution in [0.4, 0.5) is 0 Å². The largest absolute Gasteiger partial charge is 0.481 e. The van der Waals surface area contributed by atoms with Gasteiger partial charge in [-0.15, -0.1) is 0 Å². The zero-order chi connectivity index (χ0) is 9.42. The Morgan fingerprint density at radius 2 is 2.23 bits per heavy atom. The quantitative estimate of drug-likeness (QED) is 0.686. The minimum absolute atomic E-state index is 0.0132. The Kier molecular flexibility index (Phi) is 1.98. The van der Waals surface area contributed by atoms with Crippen LogP contribution in [0.15, 0.2) is 0 Å². The van der Waals surface area contributed by atoms with Crippen molar-refractivity contribution in [2.45, 2.75) is 19.3 Å². The highest BCUT2D eigenvalue weighted by Gasteiger charge is 2.36. The van der Waals surface area contributed by atoms with Crippen molar-refractivity contribution in [1.82, 2.24) is 4.90 Å². The number of amides is 1. The molecule has 2 fully saturated rings. The molecule has 13 heavy (non-hydrogen) atoms. The van der Waals surface area contributed by atoms with Gasteiger partial charge in [0.1, 0.15) is 0 Å². The van der Waals surface area contributed by atoms with E-state index in [2.05, 4.69) is 0 Å². The molecule has 2 aliphatic rings. The van der Waals surface area contributed by atoms with Crippen LogP contribution in [-0.4, -0.2) is 35.0 Å². The van der Waals surface area contributed by atoms with Gasteiger partial charge in [-0.2, -0.15) is 0 Å². The molecule has 1 atom stereocenters. The van der Waals surface area contributed by atoms with E-state index in [4.69, 9.17) is 5.11 Å². The summed E-state index contributed by atoms with van der Waals surface area (Å²) in [7, 11) is 0. The van der Waals surface area contributed by atoms with Crippen LogP contribution in [0.1, 0.15) is 19.3 Å². The van der Waals surface area contributed by atoms with Crippen molar-refractivity contribution in [3.8, 4) is 0 Å². The Hall–Kier alpha value is -1.06. The number of carboxylic acids is 1. The Bertz CT molecular complexity index is 247. The molecular weight excluding hydrogens is 170 g/mol. The van der Waals surface area contributed by atoms with Gasteiger partial charge >= 0.3 is 5.97 Å². The maximum Gasteiger partial charge on any atom is 0.308 e. The molecule has 1 N–H and O–H groups in total. The molecule has 4 nitrogen and oxygen atoms in total. The zero-order valence-corrected chi connectivity index (χ0v) is 7.40. The highest BCUT2D eigenvalue weighted by Crippen LogP contribution is 2.31. The fraction of sp³-hybridized carbons (Fsp3) is 0.778. The highest BCUT2D eigenvalue weighted by molar-refractivity contribution is 5.86. The highest BCUT2D eigenvalue weighted by atomic mass is 16.4. The third-order valence-corrected chi connectivity index (χ3v) is 2.74. The number of carbonyl (C=O) groups excluding carboxylic acids is 1. The second-order valence-electron chi connectivity index (χ2n) is 3.98. The number of aliphatic carboxylic acids is 1. The number of rotatable bonds is 3. The van der Waals surface area contributed by atoms with Crippen LogP contribution in [-0.2, 0) is 9.59 Å². The first-order valence-corrected chi connectivity index (χ1v) is 4.67. The van der Waals surface area contributed by atoms with Gasteiger partial charge in [0.25, 0.3) is 0 Å². The first kappa shape index (κ1) is 8.53. The van der Waals surface area contributed by atoms with Crippen molar-refractivity contribution >= 4 is 11.9 Å². The minimum Gasteiger partial charge on any atom is -0.481 e.